The van der Waals surface area contributed by atoms with Crippen molar-refractivity contribution in [1.29, 1.82) is 0 Å². The largest absolute Gasteiger partial charge is 0.323 e. The summed E-state index contributed by atoms with van der Waals surface area (Å²) in [7, 11) is 0. The Morgan fingerprint density at radius 1 is 1.43 bits per heavy atom. The van der Waals surface area contributed by atoms with Crippen molar-refractivity contribution in [1.82, 2.24) is 5.43 Å². The van der Waals surface area contributed by atoms with Crippen LogP contribution in [0, 0.1) is 0 Å². The first-order chi connectivity index (χ1) is 6.79. The molecule has 1 amide bonds. The number of carbonyl (C=O) groups is 1. The van der Waals surface area contributed by atoms with Gasteiger partial charge < -0.3 is 9.80 Å². The molecule has 5 heteroatoms. The molecule has 2 fully saturated rings. The molecule has 0 saturated carbocycles. The number of nitrogens with one attached hydrogen (secondary N) is 3. The third-order valence-corrected chi connectivity index (χ3v) is 3.53. The van der Waals surface area contributed by atoms with Crippen LogP contribution in [0.5, 0.6) is 0 Å². The van der Waals surface area contributed by atoms with E-state index in [1.54, 1.807) is 4.90 Å². The molecule has 0 aromatic rings. The summed E-state index contributed by atoms with van der Waals surface area (Å²) >= 11 is 0. The molecule has 5 nitrogen and oxygen atoms in total. The van der Waals surface area contributed by atoms with Crippen LogP contribution in [0.25, 0.3) is 0 Å². The van der Waals surface area contributed by atoms with Crippen molar-refractivity contribution in [3.8, 4) is 0 Å². The maximum absolute atomic E-state index is 11.1. The number of quaternary nitrogens is 2. The number of hydrogen-bond donors (Lipinski definition) is 4. The molecule has 0 radical (unpaired) electrons. The molecule has 0 bridgehead atoms. The number of carbonyl (C=O) groups excluding carboxylic acids is 1. The normalized spacial score (nSPS) is 36.5. The van der Waals surface area contributed by atoms with Gasteiger partial charge in [-0.15, -0.1) is 0 Å². The molecule has 3 atom stereocenters. The summed E-state index contributed by atoms with van der Waals surface area (Å²) in [6, 6.07) is 0.796. The number of hydrogen-bond acceptors (Lipinski definition) is 2. The maximum Gasteiger partial charge on any atom is 0.289 e. The Balaban J connectivity index is 1.82. The number of amides is 1. The van der Waals surface area contributed by atoms with E-state index in [9.17, 15) is 4.79 Å². The zero-order valence-electron chi connectivity index (χ0n) is 8.51. The lowest BCUT2D eigenvalue weighted by Gasteiger charge is -2.31. The molecule has 0 aromatic carbocycles. The minimum absolute atomic E-state index is 0.0403. The molecular formula is C9H20N4O+2. The number of piperazine rings is 1. The van der Waals surface area contributed by atoms with E-state index < -0.39 is 0 Å². The lowest BCUT2D eigenvalue weighted by atomic mass is 10.1. The standard InChI is InChI=1S/C9H18N4O/c10-11-9(14)7-12-4-5-13-3-1-2-8(13)6-12/h8H,1-7,10H2,(H,11,14)/p+2/t8-/m1/s1. The highest BCUT2D eigenvalue weighted by Crippen LogP contribution is 1.98. The van der Waals surface area contributed by atoms with Crippen LogP contribution in [0.3, 0.4) is 0 Å². The molecule has 2 heterocycles. The van der Waals surface area contributed by atoms with Crippen molar-refractivity contribution < 1.29 is 14.6 Å². The van der Waals surface area contributed by atoms with E-state index in [2.05, 4.69) is 5.43 Å². The van der Waals surface area contributed by atoms with Gasteiger partial charge in [0.2, 0.25) is 0 Å². The van der Waals surface area contributed by atoms with Gasteiger partial charge in [-0.3, -0.25) is 10.2 Å². The predicted molar refractivity (Wildman–Crippen MR) is 51.6 cm³/mol. The van der Waals surface area contributed by atoms with E-state index in [0.29, 0.717) is 6.54 Å². The SMILES string of the molecule is NNC(=O)C[NH+]1CC[NH+]2CCC[C@@H]2C1. The van der Waals surface area contributed by atoms with Crippen LogP contribution >= 0.6 is 0 Å². The number of hydrazine groups is 1. The molecule has 2 unspecified atom stereocenters. The van der Waals surface area contributed by atoms with E-state index in [1.807, 2.05) is 0 Å². The summed E-state index contributed by atoms with van der Waals surface area (Å²) < 4.78 is 0. The monoisotopic (exact) mass is 200 g/mol. The zero-order valence-corrected chi connectivity index (χ0v) is 8.51. The summed E-state index contributed by atoms with van der Waals surface area (Å²) in [5.41, 5.74) is 2.21. The summed E-state index contributed by atoms with van der Waals surface area (Å²) in [6.07, 6.45) is 2.69. The van der Waals surface area contributed by atoms with Gasteiger partial charge in [0.05, 0.1) is 6.54 Å². The van der Waals surface area contributed by atoms with E-state index in [0.717, 1.165) is 19.1 Å². The highest BCUT2D eigenvalue weighted by molar-refractivity contribution is 5.76. The Bertz CT molecular complexity index is 221. The second-order valence-corrected chi connectivity index (χ2v) is 4.45. The molecule has 2 aliphatic heterocycles. The van der Waals surface area contributed by atoms with Gasteiger partial charge in [0.15, 0.2) is 6.54 Å². The highest BCUT2D eigenvalue weighted by atomic mass is 16.2. The second kappa shape index (κ2) is 4.25. The quantitative estimate of drug-likeness (QED) is 0.208. The Hall–Kier alpha value is -0.650. The topological polar surface area (TPSA) is 64.0 Å². The summed E-state index contributed by atoms with van der Waals surface area (Å²) in [5.74, 6) is 5.04. The molecule has 2 saturated heterocycles. The number of fused-ring (bicyclic) bond motifs is 1. The molecule has 80 valence electrons. The third kappa shape index (κ3) is 2.05. The first-order valence-corrected chi connectivity index (χ1v) is 5.47. The molecule has 2 aliphatic rings. The lowest BCUT2D eigenvalue weighted by molar-refractivity contribution is -1.02. The molecule has 14 heavy (non-hydrogen) atoms. The van der Waals surface area contributed by atoms with Crippen molar-refractivity contribution in [2.45, 2.75) is 18.9 Å². The fraction of sp³-hybridized carbons (Fsp3) is 0.889. The van der Waals surface area contributed by atoms with Crippen molar-refractivity contribution in [2.24, 2.45) is 5.84 Å². The van der Waals surface area contributed by atoms with Crippen LogP contribution in [0.4, 0.5) is 0 Å². The van der Waals surface area contributed by atoms with Crippen molar-refractivity contribution >= 4 is 5.91 Å². The molecule has 0 aliphatic carbocycles. The Kier molecular flexibility index (Phi) is 3.00. The van der Waals surface area contributed by atoms with Crippen molar-refractivity contribution in [3.05, 3.63) is 0 Å². The maximum atomic E-state index is 11.1. The molecule has 0 spiro atoms. The van der Waals surface area contributed by atoms with Gasteiger partial charge in [-0.1, -0.05) is 0 Å². The minimum atomic E-state index is -0.0403. The van der Waals surface area contributed by atoms with Gasteiger partial charge in [0.1, 0.15) is 25.7 Å². The molecule has 5 N–H and O–H groups in total. The smallest absolute Gasteiger partial charge is 0.289 e. The lowest BCUT2D eigenvalue weighted by Crippen LogP contribution is -3.30. The third-order valence-electron chi connectivity index (χ3n) is 3.53. The van der Waals surface area contributed by atoms with Gasteiger partial charge in [-0.05, 0) is 0 Å². The second-order valence-electron chi connectivity index (χ2n) is 4.45. The van der Waals surface area contributed by atoms with Gasteiger partial charge in [-0.2, -0.15) is 0 Å². The van der Waals surface area contributed by atoms with Crippen LogP contribution in [0.2, 0.25) is 0 Å². The van der Waals surface area contributed by atoms with E-state index in [4.69, 9.17) is 5.84 Å². The summed E-state index contributed by atoms with van der Waals surface area (Å²) in [4.78, 5) is 14.3. The predicted octanol–water partition coefficient (Wildman–Crippen LogP) is -4.08. The highest BCUT2D eigenvalue weighted by Gasteiger charge is 2.37. The van der Waals surface area contributed by atoms with Crippen LogP contribution in [-0.4, -0.2) is 44.7 Å². The first kappa shape index (κ1) is 9.89. The summed E-state index contributed by atoms with van der Waals surface area (Å²) in [6.45, 7) is 5.35. The minimum Gasteiger partial charge on any atom is -0.323 e. The van der Waals surface area contributed by atoms with E-state index in [1.165, 1.54) is 30.8 Å². The van der Waals surface area contributed by atoms with Crippen LogP contribution in [0.15, 0.2) is 0 Å². The van der Waals surface area contributed by atoms with Gasteiger partial charge in [0, 0.05) is 12.8 Å². The van der Waals surface area contributed by atoms with Crippen LogP contribution in [-0.2, 0) is 4.79 Å². The van der Waals surface area contributed by atoms with Gasteiger partial charge in [0.25, 0.3) is 5.91 Å². The van der Waals surface area contributed by atoms with Crippen molar-refractivity contribution in [2.75, 3.05) is 32.7 Å². The van der Waals surface area contributed by atoms with Gasteiger partial charge in [-0.25, -0.2) is 5.84 Å². The molecular weight excluding hydrogens is 180 g/mol. The van der Waals surface area contributed by atoms with Crippen LogP contribution < -0.4 is 21.1 Å². The van der Waals surface area contributed by atoms with E-state index in [-0.39, 0.29) is 5.91 Å². The number of rotatable bonds is 2. The Morgan fingerprint density at radius 2 is 2.29 bits per heavy atom. The molecule has 0 aromatic heterocycles. The van der Waals surface area contributed by atoms with Crippen LogP contribution in [0.1, 0.15) is 12.8 Å². The average Bonchev–Trinajstić information content (AvgIpc) is 2.64. The summed E-state index contributed by atoms with van der Waals surface area (Å²) in [5, 5.41) is 0. The fourth-order valence-electron chi connectivity index (χ4n) is 2.79. The fourth-order valence-corrected chi connectivity index (χ4v) is 2.79. The average molecular weight is 200 g/mol. The zero-order chi connectivity index (χ0) is 9.97. The first-order valence-electron chi connectivity index (χ1n) is 5.47. The number of nitrogens with two attached hydrogens (primary N) is 1. The van der Waals surface area contributed by atoms with E-state index >= 15 is 0 Å². The Labute approximate surface area is 84.2 Å². The van der Waals surface area contributed by atoms with Crippen molar-refractivity contribution in [3.63, 3.8) is 0 Å². The Morgan fingerprint density at radius 3 is 3.07 bits per heavy atom. The molecule has 2 rings (SSSR count). The van der Waals surface area contributed by atoms with Gasteiger partial charge >= 0.3 is 0 Å².